The van der Waals surface area contributed by atoms with Crippen molar-refractivity contribution in [3.05, 3.63) is 64.1 Å². The number of benzene rings is 1. The third kappa shape index (κ3) is 4.51. The van der Waals surface area contributed by atoms with E-state index in [-0.39, 0.29) is 24.3 Å². The van der Waals surface area contributed by atoms with E-state index in [1.54, 1.807) is 10.3 Å². The molecule has 7 heteroatoms. The van der Waals surface area contributed by atoms with Crippen molar-refractivity contribution >= 4 is 34.8 Å². The van der Waals surface area contributed by atoms with Crippen LogP contribution in [0.3, 0.4) is 0 Å². The van der Waals surface area contributed by atoms with E-state index in [0.29, 0.717) is 36.2 Å². The summed E-state index contributed by atoms with van der Waals surface area (Å²) in [5, 5.41) is 2.86. The first-order valence-electron chi connectivity index (χ1n) is 8.41. The Balaban J connectivity index is 1.75. The van der Waals surface area contributed by atoms with Crippen LogP contribution in [0.15, 0.2) is 48.4 Å². The molecule has 1 aliphatic rings. The maximum Gasteiger partial charge on any atom is 0.246 e. The number of aromatic nitrogens is 1. The van der Waals surface area contributed by atoms with Crippen LogP contribution in [0.4, 0.5) is 0 Å². The van der Waals surface area contributed by atoms with Gasteiger partial charge in [-0.3, -0.25) is 9.59 Å². The van der Waals surface area contributed by atoms with Crippen molar-refractivity contribution in [2.24, 2.45) is 0 Å². The lowest BCUT2D eigenvalue weighted by Crippen LogP contribution is -2.57. The van der Waals surface area contributed by atoms with Crippen LogP contribution in [-0.4, -0.2) is 52.3 Å². The van der Waals surface area contributed by atoms with Crippen LogP contribution in [0.2, 0.25) is 5.15 Å². The minimum atomic E-state index is -0.0955. The van der Waals surface area contributed by atoms with Crippen molar-refractivity contribution in [1.82, 2.24) is 14.8 Å². The fourth-order valence-electron chi connectivity index (χ4n) is 3.17. The first-order valence-corrected chi connectivity index (χ1v) is 9.67. The molecular formula is C19H20ClN3O2S. The van der Waals surface area contributed by atoms with Crippen LogP contribution in [0, 0.1) is 0 Å². The smallest absolute Gasteiger partial charge is 0.246 e. The van der Waals surface area contributed by atoms with Crippen LogP contribution >= 0.6 is 22.9 Å². The first-order chi connectivity index (χ1) is 12.6. The fraction of sp³-hybridized carbons (Fsp3) is 0.316. The van der Waals surface area contributed by atoms with Crippen molar-refractivity contribution in [3.8, 4) is 0 Å². The third-order valence-corrected chi connectivity index (χ3v) is 5.60. The highest BCUT2D eigenvalue weighted by Gasteiger charge is 2.32. The quantitative estimate of drug-likeness (QED) is 0.739. The van der Waals surface area contributed by atoms with Crippen LogP contribution in [0.5, 0.6) is 0 Å². The van der Waals surface area contributed by atoms with E-state index in [9.17, 15) is 9.59 Å². The number of carbonyl (C=O) groups excluding carboxylic acids is 2. The average molecular weight is 390 g/mol. The molecule has 3 rings (SSSR count). The summed E-state index contributed by atoms with van der Waals surface area (Å²) in [6, 6.07) is 9.93. The zero-order valence-corrected chi connectivity index (χ0v) is 15.9. The Morgan fingerprint density at radius 2 is 2.08 bits per heavy atom. The van der Waals surface area contributed by atoms with Gasteiger partial charge in [0.1, 0.15) is 10.2 Å². The van der Waals surface area contributed by atoms with E-state index in [1.807, 2.05) is 35.2 Å². The van der Waals surface area contributed by atoms with Gasteiger partial charge in [-0.05, 0) is 18.1 Å². The molecule has 1 aromatic carbocycles. The van der Waals surface area contributed by atoms with Crippen LogP contribution in [-0.2, 0) is 22.4 Å². The van der Waals surface area contributed by atoms with Gasteiger partial charge in [-0.25, -0.2) is 4.98 Å². The van der Waals surface area contributed by atoms with Crippen molar-refractivity contribution in [3.63, 3.8) is 0 Å². The van der Waals surface area contributed by atoms with E-state index in [4.69, 9.17) is 11.6 Å². The molecule has 26 heavy (non-hydrogen) atoms. The lowest BCUT2D eigenvalue weighted by Gasteiger charge is -2.41. The molecule has 1 unspecified atom stereocenters. The second-order valence-corrected chi connectivity index (χ2v) is 7.49. The van der Waals surface area contributed by atoms with Crippen LogP contribution in [0.25, 0.3) is 0 Å². The van der Waals surface area contributed by atoms with E-state index in [2.05, 4.69) is 11.6 Å². The molecule has 0 aliphatic carbocycles. The van der Waals surface area contributed by atoms with Gasteiger partial charge in [0, 0.05) is 25.0 Å². The number of nitrogens with zero attached hydrogens (tertiary/aromatic N) is 3. The van der Waals surface area contributed by atoms with Crippen molar-refractivity contribution in [2.75, 3.05) is 19.6 Å². The summed E-state index contributed by atoms with van der Waals surface area (Å²) in [4.78, 5) is 32.7. The van der Waals surface area contributed by atoms with Crippen LogP contribution < -0.4 is 0 Å². The van der Waals surface area contributed by atoms with Gasteiger partial charge in [-0.2, -0.15) is 0 Å². The largest absolute Gasteiger partial charge is 0.335 e. The van der Waals surface area contributed by atoms with Gasteiger partial charge in [-0.15, -0.1) is 11.3 Å². The zero-order valence-electron chi connectivity index (χ0n) is 14.3. The average Bonchev–Trinajstić information content (AvgIpc) is 3.06. The molecule has 0 saturated carbocycles. The zero-order chi connectivity index (χ0) is 18.5. The second-order valence-electron chi connectivity index (χ2n) is 6.16. The molecule has 0 bridgehead atoms. The molecule has 0 radical (unpaired) electrons. The molecule has 1 saturated heterocycles. The van der Waals surface area contributed by atoms with E-state index < -0.39 is 0 Å². The molecule has 5 nitrogen and oxygen atoms in total. The Bertz CT molecular complexity index is 793. The SMILES string of the molecule is C=CC(=O)N1CCN(C(=O)Cc2nc(Cl)cs2)C(Cc2ccccc2)C1. The molecular weight excluding hydrogens is 370 g/mol. The van der Waals surface area contributed by atoms with Crippen molar-refractivity contribution < 1.29 is 9.59 Å². The fourth-order valence-corrected chi connectivity index (χ4v) is 4.10. The van der Waals surface area contributed by atoms with Gasteiger partial charge >= 0.3 is 0 Å². The highest BCUT2D eigenvalue weighted by molar-refractivity contribution is 7.10. The predicted octanol–water partition coefficient (Wildman–Crippen LogP) is 2.81. The lowest BCUT2D eigenvalue weighted by molar-refractivity contribution is -0.140. The Hall–Kier alpha value is -2.18. The molecule has 2 amide bonds. The third-order valence-electron chi connectivity index (χ3n) is 4.43. The maximum absolute atomic E-state index is 12.8. The van der Waals surface area contributed by atoms with Gasteiger partial charge in [0.15, 0.2) is 0 Å². The van der Waals surface area contributed by atoms with Gasteiger partial charge in [0.05, 0.1) is 12.5 Å². The summed E-state index contributed by atoms with van der Waals surface area (Å²) in [7, 11) is 0. The highest BCUT2D eigenvalue weighted by atomic mass is 35.5. The molecule has 1 atom stereocenters. The van der Waals surface area contributed by atoms with Crippen LogP contribution in [0.1, 0.15) is 10.6 Å². The van der Waals surface area contributed by atoms with Crippen molar-refractivity contribution in [1.29, 1.82) is 0 Å². The van der Waals surface area contributed by atoms with Crippen molar-refractivity contribution in [2.45, 2.75) is 18.9 Å². The number of amides is 2. The summed E-state index contributed by atoms with van der Waals surface area (Å²) in [5.41, 5.74) is 1.14. The molecule has 1 aliphatic heterocycles. The normalized spacial score (nSPS) is 17.2. The Morgan fingerprint density at radius 1 is 1.31 bits per heavy atom. The van der Waals surface area contributed by atoms with E-state index >= 15 is 0 Å². The standard InChI is InChI=1S/C19H20ClN3O2S/c1-2-18(24)22-8-9-23(19(25)11-17-21-16(20)13-26-17)15(12-22)10-14-6-4-3-5-7-14/h2-7,13,15H,1,8-12H2. The number of piperazine rings is 1. The van der Waals surface area contributed by atoms with Gasteiger partial charge in [0.25, 0.3) is 0 Å². The number of halogens is 1. The summed E-state index contributed by atoms with van der Waals surface area (Å²) in [6.07, 6.45) is 2.26. The molecule has 136 valence electrons. The molecule has 2 aromatic rings. The summed E-state index contributed by atoms with van der Waals surface area (Å²) in [5.74, 6) is -0.0792. The topological polar surface area (TPSA) is 53.5 Å². The number of carbonyl (C=O) groups is 2. The summed E-state index contributed by atoms with van der Waals surface area (Å²) < 4.78 is 0. The number of thiazole rings is 1. The second kappa shape index (κ2) is 8.47. The Morgan fingerprint density at radius 3 is 2.73 bits per heavy atom. The predicted molar refractivity (Wildman–Crippen MR) is 103 cm³/mol. The Kier molecular flexibility index (Phi) is 6.06. The Labute approximate surface area is 161 Å². The summed E-state index contributed by atoms with van der Waals surface area (Å²) in [6.45, 7) is 5.09. The lowest BCUT2D eigenvalue weighted by atomic mass is 10.0. The number of rotatable bonds is 5. The van der Waals surface area contributed by atoms with Gasteiger partial charge < -0.3 is 9.80 Å². The molecule has 0 N–H and O–H groups in total. The monoisotopic (exact) mass is 389 g/mol. The molecule has 2 heterocycles. The molecule has 0 spiro atoms. The van der Waals surface area contributed by atoms with E-state index in [0.717, 1.165) is 5.56 Å². The van der Waals surface area contributed by atoms with Gasteiger partial charge in [-0.1, -0.05) is 48.5 Å². The summed E-state index contributed by atoms with van der Waals surface area (Å²) >= 11 is 7.24. The number of hydrogen-bond acceptors (Lipinski definition) is 4. The molecule has 1 aromatic heterocycles. The number of hydrogen-bond donors (Lipinski definition) is 0. The van der Waals surface area contributed by atoms with Gasteiger partial charge in [0.2, 0.25) is 11.8 Å². The minimum absolute atomic E-state index is 0.0163. The molecule has 1 fully saturated rings. The maximum atomic E-state index is 12.8. The minimum Gasteiger partial charge on any atom is -0.335 e. The van der Waals surface area contributed by atoms with E-state index in [1.165, 1.54) is 17.4 Å². The highest BCUT2D eigenvalue weighted by Crippen LogP contribution is 2.19. The first kappa shape index (κ1) is 18.6.